The Balaban J connectivity index is 1.20. The Morgan fingerprint density at radius 1 is 0.481 bits per heavy atom. The standard InChI is InChI=1S/C49H35N3/c1-32-46-42-30-36(27-28-44(42)52(37-16-6-3-7-17-37)45(46)31-51-49(32)43-22-12-13-29-50-43)48-40-20-10-8-18-38(40)47(39-19-9-11-21-41(39)48)35-25-23-34(24-26-35)33-14-4-2-5-15-33/h2-32,49H,1H3. The quantitative estimate of drug-likeness (QED) is 0.168. The highest BCUT2D eigenvalue weighted by atomic mass is 15.0. The van der Waals surface area contributed by atoms with Gasteiger partial charge in [-0.25, -0.2) is 0 Å². The Bertz CT molecular complexity index is 2720. The predicted octanol–water partition coefficient (Wildman–Crippen LogP) is 12.6. The molecule has 0 spiro atoms. The van der Waals surface area contributed by atoms with Crippen LogP contribution in [0.5, 0.6) is 0 Å². The maximum absolute atomic E-state index is 5.12. The van der Waals surface area contributed by atoms with Gasteiger partial charge in [0, 0.05) is 29.4 Å². The lowest BCUT2D eigenvalue weighted by atomic mass is 9.84. The minimum atomic E-state index is -0.0543. The molecule has 10 rings (SSSR count). The topological polar surface area (TPSA) is 30.2 Å². The molecule has 0 saturated carbocycles. The molecule has 0 radical (unpaired) electrons. The third kappa shape index (κ3) is 4.81. The fourth-order valence-electron chi connectivity index (χ4n) is 8.48. The van der Waals surface area contributed by atoms with Gasteiger partial charge in [-0.2, -0.15) is 0 Å². The van der Waals surface area contributed by atoms with Crippen LogP contribution in [-0.4, -0.2) is 15.8 Å². The number of fused-ring (bicyclic) bond motifs is 5. The third-order valence-corrected chi connectivity index (χ3v) is 10.8. The van der Waals surface area contributed by atoms with E-state index in [1.54, 1.807) is 0 Å². The molecule has 9 aromatic rings. The molecule has 2 aromatic heterocycles. The summed E-state index contributed by atoms with van der Waals surface area (Å²) in [5, 5.41) is 6.26. The maximum Gasteiger partial charge on any atom is 0.0986 e. The van der Waals surface area contributed by atoms with Crippen molar-refractivity contribution in [2.45, 2.75) is 18.9 Å². The smallest absolute Gasteiger partial charge is 0.0986 e. The van der Waals surface area contributed by atoms with E-state index in [1.165, 1.54) is 71.4 Å². The summed E-state index contributed by atoms with van der Waals surface area (Å²) in [7, 11) is 0. The van der Waals surface area contributed by atoms with E-state index in [1.807, 2.05) is 12.3 Å². The van der Waals surface area contributed by atoms with Crippen LogP contribution in [0.15, 0.2) is 181 Å². The number of hydrogen-bond donors (Lipinski definition) is 0. The molecule has 2 unspecified atom stereocenters. The number of aliphatic imine (C=N–C) groups is 1. The predicted molar refractivity (Wildman–Crippen MR) is 218 cm³/mol. The Hall–Kier alpha value is -6.58. The van der Waals surface area contributed by atoms with E-state index >= 15 is 0 Å². The van der Waals surface area contributed by atoms with E-state index in [-0.39, 0.29) is 12.0 Å². The lowest BCUT2D eigenvalue weighted by molar-refractivity contribution is 0.580. The first-order valence-corrected chi connectivity index (χ1v) is 18.0. The zero-order valence-corrected chi connectivity index (χ0v) is 28.8. The number of para-hydroxylation sites is 1. The van der Waals surface area contributed by atoms with Gasteiger partial charge >= 0.3 is 0 Å². The zero-order chi connectivity index (χ0) is 34.6. The second-order valence-corrected chi connectivity index (χ2v) is 13.8. The number of benzene rings is 7. The molecule has 7 aromatic carbocycles. The molecule has 0 fully saturated rings. The van der Waals surface area contributed by atoms with Crippen LogP contribution in [0.4, 0.5) is 0 Å². The first-order chi connectivity index (χ1) is 25.7. The molecule has 1 aliphatic rings. The van der Waals surface area contributed by atoms with Crippen molar-refractivity contribution in [3.05, 3.63) is 193 Å². The molecule has 3 nitrogen and oxygen atoms in total. The van der Waals surface area contributed by atoms with Gasteiger partial charge in [0.15, 0.2) is 0 Å². The average molecular weight is 666 g/mol. The van der Waals surface area contributed by atoms with Crippen molar-refractivity contribution in [2.24, 2.45) is 4.99 Å². The summed E-state index contributed by atoms with van der Waals surface area (Å²) >= 11 is 0. The second kappa shape index (κ2) is 12.3. The van der Waals surface area contributed by atoms with Crippen LogP contribution in [0.2, 0.25) is 0 Å². The Morgan fingerprint density at radius 2 is 1.02 bits per heavy atom. The van der Waals surface area contributed by atoms with Crippen molar-refractivity contribution in [2.75, 3.05) is 0 Å². The second-order valence-electron chi connectivity index (χ2n) is 13.8. The summed E-state index contributed by atoms with van der Waals surface area (Å²) in [5.74, 6) is 0.132. The van der Waals surface area contributed by atoms with Gasteiger partial charge in [0.1, 0.15) is 0 Å². The van der Waals surface area contributed by atoms with Gasteiger partial charge in [0.05, 0.1) is 22.9 Å². The van der Waals surface area contributed by atoms with E-state index in [0.29, 0.717) is 0 Å². The molecule has 0 N–H and O–H groups in total. The van der Waals surface area contributed by atoms with Crippen molar-refractivity contribution < 1.29 is 0 Å². The lowest BCUT2D eigenvalue weighted by Crippen LogP contribution is -2.15. The number of pyridine rings is 1. The first kappa shape index (κ1) is 30.3. The molecule has 3 heteroatoms. The van der Waals surface area contributed by atoms with Crippen LogP contribution in [0, 0.1) is 0 Å². The molecule has 0 aliphatic carbocycles. The molecule has 0 amide bonds. The van der Waals surface area contributed by atoms with E-state index in [4.69, 9.17) is 9.98 Å². The fraction of sp³-hybridized carbons (Fsp3) is 0.0612. The molecule has 0 bridgehead atoms. The van der Waals surface area contributed by atoms with Gasteiger partial charge in [-0.05, 0) is 96.9 Å². The van der Waals surface area contributed by atoms with E-state index in [2.05, 4.69) is 181 Å². The van der Waals surface area contributed by atoms with Crippen molar-refractivity contribution in [3.8, 4) is 39.1 Å². The number of aromatic nitrogens is 2. The summed E-state index contributed by atoms with van der Waals surface area (Å²) < 4.78 is 2.38. The molecule has 0 saturated heterocycles. The molecule has 1 aliphatic heterocycles. The third-order valence-electron chi connectivity index (χ3n) is 10.8. The van der Waals surface area contributed by atoms with Crippen molar-refractivity contribution >= 4 is 38.7 Å². The molecular weight excluding hydrogens is 631 g/mol. The molecular formula is C49H35N3. The molecule has 52 heavy (non-hydrogen) atoms. The van der Waals surface area contributed by atoms with Gasteiger partial charge in [0.25, 0.3) is 0 Å². The van der Waals surface area contributed by atoms with Crippen LogP contribution in [0.25, 0.3) is 71.5 Å². The maximum atomic E-state index is 5.12. The number of hydrogen-bond acceptors (Lipinski definition) is 2. The Labute approximate surface area is 303 Å². The Kier molecular flexibility index (Phi) is 7.17. The molecule has 3 heterocycles. The van der Waals surface area contributed by atoms with Gasteiger partial charge in [0.2, 0.25) is 0 Å². The first-order valence-electron chi connectivity index (χ1n) is 18.0. The highest BCUT2D eigenvalue weighted by Crippen LogP contribution is 2.47. The monoisotopic (exact) mass is 665 g/mol. The van der Waals surface area contributed by atoms with Gasteiger partial charge in [-0.15, -0.1) is 0 Å². The number of nitrogens with zero attached hydrogens (tertiary/aromatic N) is 3. The Morgan fingerprint density at radius 3 is 1.65 bits per heavy atom. The molecule has 246 valence electrons. The van der Waals surface area contributed by atoms with Gasteiger partial charge < -0.3 is 4.57 Å². The molecule has 2 atom stereocenters. The largest absolute Gasteiger partial charge is 0.308 e. The summed E-state index contributed by atoms with van der Waals surface area (Å²) in [5.41, 5.74) is 13.2. The van der Waals surface area contributed by atoms with Crippen LogP contribution in [0.1, 0.15) is 35.8 Å². The number of rotatable bonds is 5. The fourth-order valence-corrected chi connectivity index (χ4v) is 8.48. The highest BCUT2D eigenvalue weighted by molar-refractivity contribution is 6.22. The summed E-state index contributed by atoms with van der Waals surface area (Å²) in [6, 6.07) is 61.3. The van der Waals surface area contributed by atoms with E-state index in [0.717, 1.165) is 17.1 Å². The van der Waals surface area contributed by atoms with E-state index in [9.17, 15) is 0 Å². The van der Waals surface area contributed by atoms with Crippen molar-refractivity contribution in [1.82, 2.24) is 9.55 Å². The summed E-state index contributed by atoms with van der Waals surface area (Å²) in [6.45, 7) is 2.30. The zero-order valence-electron chi connectivity index (χ0n) is 28.8. The SMILES string of the molecule is CC1c2c(n(-c3ccccc3)c3ccc(-c4c5ccccc5c(-c5ccc(-c6ccccc6)cc5)c5ccccc45)cc23)C=NC1c1ccccn1. The van der Waals surface area contributed by atoms with Crippen molar-refractivity contribution in [3.63, 3.8) is 0 Å². The minimum Gasteiger partial charge on any atom is -0.308 e. The van der Waals surface area contributed by atoms with E-state index < -0.39 is 0 Å². The van der Waals surface area contributed by atoms with Crippen LogP contribution < -0.4 is 0 Å². The van der Waals surface area contributed by atoms with Gasteiger partial charge in [-0.1, -0.05) is 140 Å². The van der Waals surface area contributed by atoms with Crippen LogP contribution in [0.3, 0.4) is 0 Å². The minimum absolute atomic E-state index is 0.0543. The summed E-state index contributed by atoms with van der Waals surface area (Å²) in [4.78, 5) is 9.86. The highest BCUT2D eigenvalue weighted by Gasteiger charge is 2.32. The average Bonchev–Trinajstić information content (AvgIpc) is 3.55. The lowest BCUT2D eigenvalue weighted by Gasteiger charge is -2.25. The van der Waals surface area contributed by atoms with Crippen LogP contribution >= 0.6 is 0 Å². The summed E-state index contributed by atoms with van der Waals surface area (Å²) in [6.07, 6.45) is 3.94. The van der Waals surface area contributed by atoms with Gasteiger partial charge in [-0.3, -0.25) is 9.98 Å². The van der Waals surface area contributed by atoms with Crippen LogP contribution in [-0.2, 0) is 0 Å². The normalized spacial score (nSPS) is 15.3. The van der Waals surface area contributed by atoms with Crippen molar-refractivity contribution in [1.29, 1.82) is 0 Å².